The van der Waals surface area contributed by atoms with Crippen molar-refractivity contribution in [3.8, 4) is 0 Å². The number of rotatable bonds is 4. The molecule has 3 heteroatoms. The van der Waals surface area contributed by atoms with Gasteiger partial charge in [0.15, 0.2) is 0 Å². The highest BCUT2D eigenvalue weighted by atomic mass is 32.2. The molecule has 0 radical (unpaired) electrons. The summed E-state index contributed by atoms with van der Waals surface area (Å²) in [4.78, 5) is 0. The van der Waals surface area contributed by atoms with Crippen LogP contribution in [0.2, 0.25) is 0 Å². The van der Waals surface area contributed by atoms with Crippen molar-refractivity contribution in [2.45, 2.75) is 27.2 Å². The third-order valence-corrected chi connectivity index (χ3v) is 4.20. The molecule has 13 heavy (non-hydrogen) atoms. The maximum absolute atomic E-state index is 10.9. The van der Waals surface area contributed by atoms with Crippen LogP contribution in [0.3, 0.4) is 0 Å². The van der Waals surface area contributed by atoms with Crippen molar-refractivity contribution < 1.29 is 8.95 Å². The highest BCUT2D eigenvalue weighted by Crippen LogP contribution is 2.32. The third-order valence-electron chi connectivity index (χ3n) is 2.16. The van der Waals surface area contributed by atoms with Crippen LogP contribution < -0.4 is 0 Å². The van der Waals surface area contributed by atoms with E-state index in [9.17, 15) is 4.21 Å². The van der Waals surface area contributed by atoms with E-state index in [0.29, 0.717) is 0 Å². The Balaban J connectivity index is 2.13. The van der Waals surface area contributed by atoms with Gasteiger partial charge in [-0.2, -0.15) is 0 Å². The Hall–Kier alpha value is -0.310. The van der Waals surface area contributed by atoms with Crippen molar-refractivity contribution in [2.24, 2.45) is 5.41 Å². The fraction of sp³-hybridized carbons (Fsp3) is 0.800. The average Bonchev–Trinajstić information content (AvgIpc) is 1.95. The first-order chi connectivity index (χ1) is 6.02. The summed E-state index contributed by atoms with van der Waals surface area (Å²) in [6, 6.07) is 0. The zero-order valence-electron chi connectivity index (χ0n) is 8.63. The van der Waals surface area contributed by atoms with Crippen LogP contribution in [0.25, 0.3) is 0 Å². The highest BCUT2D eigenvalue weighted by Gasteiger charge is 2.37. The quantitative estimate of drug-likeness (QED) is 0.515. The Morgan fingerprint density at radius 3 is 2.62 bits per heavy atom. The summed E-state index contributed by atoms with van der Waals surface area (Å²) in [5.41, 5.74) is 1.46. The average molecular weight is 202 g/mol. The molecule has 1 rings (SSSR count). The molecule has 0 bridgehead atoms. The summed E-state index contributed by atoms with van der Waals surface area (Å²) in [6.45, 7) is 6.96. The molecule has 0 N–H and O–H groups in total. The standard InChI is InChI=1S/C10H18O2S/c1-9(2)6-12-5-4-10(3)7-13(11)8-10/h6H,4-5,7-8H2,1-3H3. The van der Waals surface area contributed by atoms with E-state index >= 15 is 0 Å². The monoisotopic (exact) mass is 202 g/mol. The lowest BCUT2D eigenvalue weighted by Gasteiger charge is -2.36. The summed E-state index contributed by atoms with van der Waals surface area (Å²) in [5.74, 6) is 1.70. The predicted octanol–water partition coefficient (Wildman–Crippen LogP) is 2.09. The fourth-order valence-corrected chi connectivity index (χ4v) is 3.17. The van der Waals surface area contributed by atoms with Gasteiger partial charge in [0.05, 0.1) is 12.9 Å². The summed E-state index contributed by atoms with van der Waals surface area (Å²) in [7, 11) is -0.547. The molecule has 76 valence electrons. The SMILES string of the molecule is CC(C)=COCCC1(C)CS(=O)C1. The fourth-order valence-electron chi connectivity index (χ4n) is 1.41. The van der Waals surface area contributed by atoms with Gasteiger partial charge in [0, 0.05) is 22.3 Å². The lowest BCUT2D eigenvalue weighted by Crippen LogP contribution is -2.42. The Morgan fingerprint density at radius 1 is 1.54 bits per heavy atom. The van der Waals surface area contributed by atoms with Gasteiger partial charge in [-0.1, -0.05) is 6.92 Å². The molecule has 2 nitrogen and oxygen atoms in total. The van der Waals surface area contributed by atoms with Crippen molar-refractivity contribution in [3.05, 3.63) is 11.8 Å². The van der Waals surface area contributed by atoms with Gasteiger partial charge in [-0.25, -0.2) is 0 Å². The Morgan fingerprint density at radius 2 is 2.15 bits per heavy atom. The van der Waals surface area contributed by atoms with Crippen molar-refractivity contribution in [1.82, 2.24) is 0 Å². The van der Waals surface area contributed by atoms with Gasteiger partial charge in [0.2, 0.25) is 0 Å². The van der Waals surface area contributed by atoms with Gasteiger partial charge in [-0.3, -0.25) is 4.21 Å². The molecule has 1 aliphatic heterocycles. The Labute approximate surface area is 82.8 Å². The molecule has 0 aromatic carbocycles. The van der Waals surface area contributed by atoms with E-state index in [2.05, 4.69) is 6.92 Å². The number of hydrogen-bond acceptors (Lipinski definition) is 2. The first kappa shape index (κ1) is 10.8. The molecule has 1 heterocycles. The van der Waals surface area contributed by atoms with Gasteiger partial charge in [0.25, 0.3) is 0 Å². The van der Waals surface area contributed by atoms with Gasteiger partial charge < -0.3 is 4.74 Å². The molecule has 0 aromatic heterocycles. The van der Waals surface area contributed by atoms with Crippen LogP contribution in [0.5, 0.6) is 0 Å². The third kappa shape index (κ3) is 3.51. The Kier molecular flexibility index (Phi) is 3.54. The first-order valence-electron chi connectivity index (χ1n) is 4.62. The van der Waals surface area contributed by atoms with Gasteiger partial charge in [-0.05, 0) is 31.3 Å². The van der Waals surface area contributed by atoms with Gasteiger partial charge >= 0.3 is 0 Å². The van der Waals surface area contributed by atoms with Crippen molar-refractivity contribution in [2.75, 3.05) is 18.1 Å². The lowest BCUT2D eigenvalue weighted by atomic mass is 9.91. The number of allylic oxidation sites excluding steroid dienone is 1. The smallest absolute Gasteiger partial charge is 0.0879 e. The van der Waals surface area contributed by atoms with Crippen LogP contribution in [0.15, 0.2) is 11.8 Å². The Bertz CT molecular complexity index is 221. The predicted molar refractivity (Wildman–Crippen MR) is 56.0 cm³/mol. The normalized spacial score (nSPS) is 32.1. The van der Waals surface area contributed by atoms with Gasteiger partial charge in [0.1, 0.15) is 0 Å². The molecule has 1 aliphatic rings. The maximum Gasteiger partial charge on any atom is 0.0879 e. The molecule has 1 saturated heterocycles. The summed E-state index contributed by atoms with van der Waals surface area (Å²) in [6.07, 6.45) is 2.81. The van der Waals surface area contributed by atoms with Gasteiger partial charge in [-0.15, -0.1) is 0 Å². The second kappa shape index (κ2) is 4.27. The minimum absolute atomic E-state index is 0.278. The van der Waals surface area contributed by atoms with E-state index in [0.717, 1.165) is 24.5 Å². The van der Waals surface area contributed by atoms with Crippen LogP contribution in [-0.4, -0.2) is 22.3 Å². The summed E-state index contributed by atoms with van der Waals surface area (Å²) >= 11 is 0. The van der Waals surface area contributed by atoms with Crippen LogP contribution in [0.4, 0.5) is 0 Å². The summed E-state index contributed by atoms with van der Waals surface area (Å²) < 4.78 is 16.3. The minimum Gasteiger partial charge on any atom is -0.501 e. The molecule has 0 atom stereocenters. The molecule has 0 aliphatic carbocycles. The molecule has 0 amide bonds. The molecule has 0 saturated carbocycles. The van der Waals surface area contributed by atoms with Crippen LogP contribution in [0, 0.1) is 5.41 Å². The summed E-state index contributed by atoms with van der Waals surface area (Å²) in [5, 5.41) is 0. The minimum atomic E-state index is -0.547. The first-order valence-corrected chi connectivity index (χ1v) is 6.11. The molecule has 0 spiro atoms. The second-order valence-electron chi connectivity index (χ2n) is 4.36. The van der Waals surface area contributed by atoms with E-state index in [4.69, 9.17) is 4.74 Å². The maximum atomic E-state index is 10.9. The second-order valence-corrected chi connectivity index (χ2v) is 5.81. The molecule has 1 fully saturated rings. The van der Waals surface area contributed by atoms with Crippen LogP contribution in [0.1, 0.15) is 27.2 Å². The largest absolute Gasteiger partial charge is 0.501 e. The van der Waals surface area contributed by atoms with Crippen molar-refractivity contribution in [1.29, 1.82) is 0 Å². The van der Waals surface area contributed by atoms with Crippen LogP contribution >= 0.6 is 0 Å². The van der Waals surface area contributed by atoms with E-state index in [1.54, 1.807) is 6.26 Å². The van der Waals surface area contributed by atoms with Crippen molar-refractivity contribution >= 4 is 10.8 Å². The van der Waals surface area contributed by atoms with Crippen LogP contribution in [-0.2, 0) is 15.5 Å². The molecular weight excluding hydrogens is 184 g/mol. The van der Waals surface area contributed by atoms with Crippen molar-refractivity contribution in [3.63, 3.8) is 0 Å². The van der Waals surface area contributed by atoms with E-state index in [1.807, 2.05) is 13.8 Å². The van der Waals surface area contributed by atoms with E-state index < -0.39 is 10.8 Å². The highest BCUT2D eigenvalue weighted by molar-refractivity contribution is 7.86. The lowest BCUT2D eigenvalue weighted by molar-refractivity contribution is 0.192. The molecular formula is C10H18O2S. The molecule has 0 unspecified atom stereocenters. The zero-order valence-corrected chi connectivity index (χ0v) is 9.45. The van der Waals surface area contributed by atoms with E-state index in [-0.39, 0.29) is 5.41 Å². The topological polar surface area (TPSA) is 26.3 Å². The van der Waals surface area contributed by atoms with E-state index in [1.165, 1.54) is 5.57 Å². The molecule has 0 aromatic rings. The number of hydrogen-bond donors (Lipinski definition) is 0. The number of ether oxygens (including phenoxy) is 1. The zero-order chi connectivity index (χ0) is 9.90.